The molecule has 6 heteroatoms. The molecule has 3 heterocycles. The molecule has 0 radical (unpaired) electrons. The van der Waals surface area contributed by atoms with E-state index in [9.17, 15) is 4.79 Å². The van der Waals surface area contributed by atoms with Crippen LogP contribution in [-0.4, -0.2) is 22.8 Å². The first kappa shape index (κ1) is 16.7. The van der Waals surface area contributed by atoms with E-state index in [4.69, 9.17) is 5.73 Å². The number of thiophene rings is 2. The summed E-state index contributed by atoms with van der Waals surface area (Å²) in [5.41, 5.74) is 9.02. The van der Waals surface area contributed by atoms with Crippen LogP contribution in [0.1, 0.15) is 21.6 Å². The Morgan fingerprint density at radius 1 is 1.38 bits per heavy atom. The summed E-state index contributed by atoms with van der Waals surface area (Å²) in [4.78, 5) is 19.3. The lowest BCUT2D eigenvalue weighted by atomic mass is 10.1. The number of aromatic nitrogens is 1. The van der Waals surface area contributed by atoms with Crippen molar-refractivity contribution in [3.05, 3.63) is 51.4 Å². The maximum atomic E-state index is 12.3. The number of carbonyl (C=O) groups is 1. The third-order valence-electron chi connectivity index (χ3n) is 3.93. The van der Waals surface area contributed by atoms with E-state index in [0.29, 0.717) is 12.4 Å². The van der Waals surface area contributed by atoms with Gasteiger partial charge in [-0.1, -0.05) is 0 Å². The molecule has 124 valence electrons. The second-order valence-corrected chi connectivity index (χ2v) is 8.02. The molecule has 0 bridgehead atoms. The van der Waals surface area contributed by atoms with Gasteiger partial charge < -0.3 is 10.6 Å². The van der Waals surface area contributed by atoms with E-state index in [1.807, 2.05) is 13.1 Å². The number of carbonyl (C=O) groups excluding carboxylic acids is 1. The summed E-state index contributed by atoms with van der Waals surface area (Å²) in [5.74, 6) is 0.443. The van der Waals surface area contributed by atoms with Crippen LogP contribution in [0.3, 0.4) is 0 Å². The second-order valence-electron chi connectivity index (χ2n) is 5.78. The van der Waals surface area contributed by atoms with Crippen LogP contribution in [0.15, 0.2) is 29.8 Å². The lowest BCUT2D eigenvalue weighted by Crippen LogP contribution is -2.23. The van der Waals surface area contributed by atoms with Crippen molar-refractivity contribution in [3.8, 4) is 0 Å². The molecule has 24 heavy (non-hydrogen) atoms. The van der Waals surface area contributed by atoms with E-state index < -0.39 is 0 Å². The van der Waals surface area contributed by atoms with E-state index in [2.05, 4.69) is 24.2 Å². The van der Waals surface area contributed by atoms with Gasteiger partial charge in [0, 0.05) is 29.6 Å². The number of anilines is 1. The smallest absolute Gasteiger partial charge is 0.246 e. The van der Waals surface area contributed by atoms with Gasteiger partial charge in [0.15, 0.2) is 0 Å². The van der Waals surface area contributed by atoms with Crippen LogP contribution in [-0.2, 0) is 11.3 Å². The van der Waals surface area contributed by atoms with Crippen molar-refractivity contribution in [2.75, 3.05) is 12.8 Å². The van der Waals surface area contributed by atoms with Crippen LogP contribution in [0.4, 0.5) is 5.82 Å². The number of rotatable bonds is 4. The highest BCUT2D eigenvalue weighted by atomic mass is 32.2. The van der Waals surface area contributed by atoms with E-state index >= 15 is 0 Å². The normalized spacial score (nSPS) is 11.5. The zero-order valence-corrected chi connectivity index (χ0v) is 15.5. The Balaban J connectivity index is 1.71. The van der Waals surface area contributed by atoms with Crippen LogP contribution >= 0.6 is 22.7 Å². The number of nitrogen functional groups attached to an aromatic ring is 1. The molecule has 0 atom stereocenters. The standard InChI is InChI=1S/C18H19N3OS2/c1-11-10-23-18-17(11)12(2)14(24-18)9-21(3)16(22)7-5-13-4-6-15(19)20-8-13/h4-8,10H,9H2,1-3H3,(H2,19,20)/b7-5+. The maximum Gasteiger partial charge on any atom is 0.246 e. The number of hydrogen-bond donors (Lipinski definition) is 1. The zero-order valence-electron chi connectivity index (χ0n) is 13.9. The fourth-order valence-electron chi connectivity index (χ4n) is 2.53. The maximum absolute atomic E-state index is 12.3. The first-order chi connectivity index (χ1) is 11.5. The SMILES string of the molecule is Cc1csc2sc(CN(C)C(=O)/C=C/c3ccc(N)nc3)c(C)c12. The summed E-state index contributed by atoms with van der Waals surface area (Å²) in [6, 6.07) is 3.56. The third-order valence-corrected chi connectivity index (χ3v) is 6.43. The number of aryl methyl sites for hydroxylation is 2. The Kier molecular flexibility index (Phi) is 4.69. The average Bonchev–Trinajstić information content (AvgIpc) is 3.07. The quantitative estimate of drug-likeness (QED) is 0.711. The van der Waals surface area contributed by atoms with Crippen molar-refractivity contribution in [1.82, 2.24) is 9.88 Å². The molecule has 0 fully saturated rings. The molecule has 0 spiro atoms. The van der Waals surface area contributed by atoms with Crippen LogP contribution in [0.25, 0.3) is 15.5 Å². The van der Waals surface area contributed by atoms with E-state index in [1.165, 1.54) is 25.4 Å². The van der Waals surface area contributed by atoms with Gasteiger partial charge in [-0.3, -0.25) is 4.79 Å². The van der Waals surface area contributed by atoms with Crippen LogP contribution in [0.5, 0.6) is 0 Å². The number of amides is 1. The molecule has 1 amide bonds. The van der Waals surface area contributed by atoms with Crippen molar-refractivity contribution in [3.63, 3.8) is 0 Å². The minimum Gasteiger partial charge on any atom is -0.384 e. The van der Waals surface area contributed by atoms with Crippen molar-refractivity contribution in [2.45, 2.75) is 20.4 Å². The van der Waals surface area contributed by atoms with Gasteiger partial charge in [-0.2, -0.15) is 0 Å². The van der Waals surface area contributed by atoms with Crippen molar-refractivity contribution >= 4 is 49.9 Å². The number of pyridine rings is 1. The van der Waals surface area contributed by atoms with Gasteiger partial charge in [-0.05, 0) is 54.1 Å². The van der Waals surface area contributed by atoms with Gasteiger partial charge in [0.2, 0.25) is 5.91 Å². The van der Waals surface area contributed by atoms with Gasteiger partial charge in [0.25, 0.3) is 0 Å². The first-order valence-electron chi connectivity index (χ1n) is 7.56. The van der Waals surface area contributed by atoms with E-state index in [0.717, 1.165) is 5.56 Å². The van der Waals surface area contributed by atoms with E-state index in [1.54, 1.807) is 52.0 Å². The molecule has 2 N–H and O–H groups in total. The summed E-state index contributed by atoms with van der Waals surface area (Å²) >= 11 is 3.56. The van der Waals surface area contributed by atoms with Crippen LogP contribution in [0.2, 0.25) is 0 Å². The molecule has 0 aliphatic rings. The Morgan fingerprint density at radius 3 is 2.83 bits per heavy atom. The number of fused-ring (bicyclic) bond motifs is 1. The molecule has 0 saturated heterocycles. The molecule has 0 aromatic carbocycles. The van der Waals surface area contributed by atoms with Gasteiger partial charge in [0.05, 0.1) is 10.6 Å². The fraction of sp³-hybridized carbons (Fsp3) is 0.222. The minimum absolute atomic E-state index is 0.0281. The Morgan fingerprint density at radius 2 is 2.17 bits per heavy atom. The molecule has 4 nitrogen and oxygen atoms in total. The molecule has 3 rings (SSSR count). The predicted molar refractivity (Wildman–Crippen MR) is 103 cm³/mol. The third kappa shape index (κ3) is 3.34. The number of likely N-dealkylation sites (N-methyl/N-ethyl adjacent to an activating group) is 1. The molecule has 0 saturated carbocycles. The summed E-state index contributed by atoms with van der Waals surface area (Å²) in [5, 5.41) is 3.54. The van der Waals surface area contributed by atoms with Gasteiger partial charge >= 0.3 is 0 Å². The number of nitrogens with two attached hydrogens (primary N) is 1. The Labute approximate surface area is 149 Å². The van der Waals surface area contributed by atoms with E-state index in [-0.39, 0.29) is 5.91 Å². The summed E-state index contributed by atoms with van der Waals surface area (Å²) in [6.45, 7) is 4.91. The molecule has 0 aliphatic carbocycles. The monoisotopic (exact) mass is 357 g/mol. The van der Waals surface area contributed by atoms with Gasteiger partial charge in [-0.15, -0.1) is 22.7 Å². The molecule has 3 aromatic heterocycles. The fourth-order valence-corrected chi connectivity index (χ4v) is 5.15. The molecular weight excluding hydrogens is 338 g/mol. The second kappa shape index (κ2) is 6.75. The molecule has 0 aliphatic heterocycles. The van der Waals surface area contributed by atoms with Crippen molar-refractivity contribution in [1.29, 1.82) is 0 Å². The average molecular weight is 358 g/mol. The van der Waals surface area contributed by atoms with Crippen LogP contribution in [0, 0.1) is 13.8 Å². The van der Waals surface area contributed by atoms with Crippen molar-refractivity contribution < 1.29 is 4.79 Å². The lowest BCUT2D eigenvalue weighted by molar-refractivity contribution is -0.125. The largest absolute Gasteiger partial charge is 0.384 e. The molecule has 0 unspecified atom stereocenters. The Bertz CT molecular complexity index is 906. The summed E-state index contributed by atoms with van der Waals surface area (Å²) < 4.78 is 1.34. The van der Waals surface area contributed by atoms with Crippen molar-refractivity contribution in [2.24, 2.45) is 0 Å². The molecular formula is C18H19N3OS2. The van der Waals surface area contributed by atoms with Crippen LogP contribution < -0.4 is 5.73 Å². The zero-order chi connectivity index (χ0) is 17.3. The summed E-state index contributed by atoms with van der Waals surface area (Å²) in [7, 11) is 1.83. The summed E-state index contributed by atoms with van der Waals surface area (Å²) in [6.07, 6.45) is 4.98. The topological polar surface area (TPSA) is 59.2 Å². The van der Waals surface area contributed by atoms with Gasteiger partial charge in [-0.25, -0.2) is 4.98 Å². The number of hydrogen-bond acceptors (Lipinski definition) is 5. The highest BCUT2D eigenvalue weighted by Gasteiger charge is 2.15. The molecule has 3 aromatic rings. The minimum atomic E-state index is -0.0281. The highest BCUT2D eigenvalue weighted by molar-refractivity contribution is 7.37. The first-order valence-corrected chi connectivity index (χ1v) is 9.26. The predicted octanol–water partition coefficient (Wildman–Crippen LogP) is 4.23. The Hall–Kier alpha value is -2.18. The van der Waals surface area contributed by atoms with Gasteiger partial charge in [0.1, 0.15) is 5.82 Å². The lowest BCUT2D eigenvalue weighted by Gasteiger charge is -2.14. The highest BCUT2D eigenvalue weighted by Crippen LogP contribution is 2.37. The number of nitrogens with zero attached hydrogens (tertiary/aromatic N) is 2.